The number of rotatable bonds is 4. The lowest BCUT2D eigenvalue weighted by atomic mass is 9.94. The third-order valence-electron chi connectivity index (χ3n) is 5.26. The van der Waals surface area contributed by atoms with Crippen molar-refractivity contribution < 1.29 is 9.53 Å². The molecule has 2 aliphatic rings. The fraction of sp³-hybridized carbons (Fsp3) is 0.421. The second kappa shape index (κ2) is 6.94. The zero-order valence-electron chi connectivity index (χ0n) is 14.8. The molecule has 0 spiro atoms. The molecule has 0 aliphatic carbocycles. The van der Waals surface area contributed by atoms with Gasteiger partial charge in [-0.3, -0.25) is 9.78 Å². The molecule has 0 N–H and O–H groups in total. The lowest BCUT2D eigenvalue weighted by molar-refractivity contribution is 0.0601. The van der Waals surface area contributed by atoms with Crippen molar-refractivity contribution in [2.45, 2.75) is 25.7 Å². The van der Waals surface area contributed by atoms with Crippen molar-refractivity contribution in [3.63, 3.8) is 0 Å². The van der Waals surface area contributed by atoms with E-state index < -0.39 is 0 Å². The summed E-state index contributed by atoms with van der Waals surface area (Å²) in [5, 5.41) is 0.535. The molecule has 0 unspecified atom stereocenters. The Bertz CT molecular complexity index is 999. The van der Waals surface area contributed by atoms with E-state index in [1.807, 2.05) is 12.3 Å². The van der Waals surface area contributed by atoms with Gasteiger partial charge in [0.2, 0.25) is 0 Å². The van der Waals surface area contributed by atoms with Gasteiger partial charge in [-0.1, -0.05) is 11.3 Å². The standard InChI is InChI=1S/C19H19N5O2S/c25-15(9-12-3-7-26-8-4-12)18-23-16-17(21-11-22-19(16)27-18)24-6-2-13-10-20-5-1-14(13)24/h1,5,10-12H,2-4,6-9H2. The first-order chi connectivity index (χ1) is 13.3. The summed E-state index contributed by atoms with van der Waals surface area (Å²) < 4.78 is 5.38. The molecule has 138 valence electrons. The van der Waals surface area contributed by atoms with Gasteiger partial charge >= 0.3 is 0 Å². The van der Waals surface area contributed by atoms with Crippen LogP contribution in [0.15, 0.2) is 24.8 Å². The first-order valence-corrected chi connectivity index (χ1v) is 10.0. The molecule has 1 saturated heterocycles. The third-order valence-corrected chi connectivity index (χ3v) is 6.26. The van der Waals surface area contributed by atoms with Crippen LogP contribution < -0.4 is 4.90 Å². The first-order valence-electron chi connectivity index (χ1n) is 9.22. The number of thiazole rings is 1. The molecule has 0 aromatic carbocycles. The largest absolute Gasteiger partial charge is 0.381 e. The molecule has 8 heteroatoms. The summed E-state index contributed by atoms with van der Waals surface area (Å²) in [5.74, 6) is 1.26. The summed E-state index contributed by atoms with van der Waals surface area (Å²) in [6, 6.07) is 2.00. The topological polar surface area (TPSA) is 81.1 Å². The van der Waals surface area contributed by atoms with Crippen LogP contribution in [0.1, 0.15) is 34.6 Å². The van der Waals surface area contributed by atoms with Crippen LogP contribution in [-0.4, -0.2) is 45.5 Å². The van der Waals surface area contributed by atoms with E-state index in [-0.39, 0.29) is 5.78 Å². The zero-order chi connectivity index (χ0) is 18.2. The number of carbonyl (C=O) groups excluding carboxylic acids is 1. The van der Waals surface area contributed by atoms with Crippen LogP contribution in [0, 0.1) is 5.92 Å². The van der Waals surface area contributed by atoms with Crippen LogP contribution in [0.3, 0.4) is 0 Å². The quantitative estimate of drug-likeness (QED) is 0.642. The molecular weight excluding hydrogens is 362 g/mol. The van der Waals surface area contributed by atoms with Crippen molar-refractivity contribution in [1.29, 1.82) is 0 Å². The fourth-order valence-corrected chi connectivity index (χ4v) is 4.66. The minimum atomic E-state index is 0.0990. The van der Waals surface area contributed by atoms with Crippen molar-refractivity contribution in [1.82, 2.24) is 19.9 Å². The Kier molecular flexibility index (Phi) is 4.29. The fourth-order valence-electron chi connectivity index (χ4n) is 3.81. The van der Waals surface area contributed by atoms with Gasteiger partial charge in [0.15, 0.2) is 16.6 Å². The van der Waals surface area contributed by atoms with E-state index in [0.29, 0.717) is 22.9 Å². The van der Waals surface area contributed by atoms with Crippen LogP contribution in [0.25, 0.3) is 10.3 Å². The lowest BCUT2D eigenvalue weighted by Gasteiger charge is -2.20. The molecular formula is C19H19N5O2S. The highest BCUT2D eigenvalue weighted by atomic mass is 32.1. The number of nitrogens with zero attached hydrogens (tertiary/aromatic N) is 5. The van der Waals surface area contributed by atoms with Gasteiger partial charge in [0.05, 0.1) is 0 Å². The normalized spacial score (nSPS) is 17.4. The summed E-state index contributed by atoms with van der Waals surface area (Å²) in [5.41, 5.74) is 3.02. The first kappa shape index (κ1) is 16.7. The maximum atomic E-state index is 12.8. The van der Waals surface area contributed by atoms with Gasteiger partial charge in [0.25, 0.3) is 0 Å². The zero-order valence-corrected chi connectivity index (χ0v) is 15.6. The Morgan fingerprint density at radius 1 is 1.30 bits per heavy atom. The van der Waals surface area contributed by atoms with E-state index >= 15 is 0 Å². The second-order valence-electron chi connectivity index (χ2n) is 6.96. The molecule has 3 aromatic rings. The Hall–Kier alpha value is -2.45. The van der Waals surface area contributed by atoms with Crippen molar-refractivity contribution in [2.24, 2.45) is 5.92 Å². The van der Waals surface area contributed by atoms with E-state index in [0.717, 1.165) is 55.4 Å². The summed E-state index contributed by atoms with van der Waals surface area (Å²) >= 11 is 1.37. The number of fused-ring (bicyclic) bond motifs is 2. The molecule has 1 fully saturated rings. The maximum absolute atomic E-state index is 12.8. The number of ketones is 1. The van der Waals surface area contributed by atoms with Gasteiger partial charge < -0.3 is 9.64 Å². The molecule has 0 bridgehead atoms. The minimum Gasteiger partial charge on any atom is -0.381 e. The van der Waals surface area contributed by atoms with Crippen LogP contribution in [0.2, 0.25) is 0 Å². The molecule has 5 rings (SSSR count). The van der Waals surface area contributed by atoms with Gasteiger partial charge in [0, 0.05) is 44.3 Å². The SMILES string of the molecule is O=C(CC1CCOCC1)c1nc2c(N3CCc4cnccc43)ncnc2s1. The second-order valence-corrected chi connectivity index (χ2v) is 7.94. The predicted octanol–water partition coefficient (Wildman–Crippen LogP) is 3.17. The molecule has 0 amide bonds. The summed E-state index contributed by atoms with van der Waals surface area (Å²) in [4.78, 5) is 33.4. The van der Waals surface area contributed by atoms with Crippen LogP contribution in [0.5, 0.6) is 0 Å². The Labute approximate surface area is 160 Å². The highest BCUT2D eigenvalue weighted by Gasteiger charge is 2.26. The summed E-state index contributed by atoms with van der Waals surface area (Å²) in [7, 11) is 0. The number of aromatic nitrogens is 4. The lowest BCUT2D eigenvalue weighted by Crippen LogP contribution is -2.18. The van der Waals surface area contributed by atoms with Gasteiger partial charge in [-0.05, 0) is 36.8 Å². The van der Waals surface area contributed by atoms with Gasteiger partial charge in [0.1, 0.15) is 16.7 Å². The summed E-state index contributed by atoms with van der Waals surface area (Å²) in [6.07, 6.45) is 8.60. The molecule has 7 nitrogen and oxygen atoms in total. The molecule has 2 aliphatic heterocycles. The monoisotopic (exact) mass is 381 g/mol. The van der Waals surface area contributed by atoms with Gasteiger partial charge in [-0.2, -0.15) is 0 Å². The van der Waals surface area contributed by atoms with E-state index in [9.17, 15) is 4.79 Å². The number of Topliss-reactive ketones (excluding diaryl/α,β-unsaturated/α-hetero) is 1. The van der Waals surface area contributed by atoms with E-state index in [2.05, 4.69) is 24.8 Å². The van der Waals surface area contributed by atoms with Gasteiger partial charge in [-0.25, -0.2) is 15.0 Å². The van der Waals surface area contributed by atoms with Crippen molar-refractivity contribution in [3.05, 3.63) is 35.4 Å². The number of anilines is 2. The average Bonchev–Trinajstić information content (AvgIpc) is 3.33. The Morgan fingerprint density at radius 2 is 2.19 bits per heavy atom. The maximum Gasteiger partial charge on any atom is 0.191 e. The highest BCUT2D eigenvalue weighted by molar-refractivity contribution is 7.20. The average molecular weight is 381 g/mol. The number of carbonyl (C=O) groups is 1. The number of hydrogen-bond acceptors (Lipinski definition) is 8. The molecule has 0 radical (unpaired) electrons. The molecule has 5 heterocycles. The number of hydrogen-bond donors (Lipinski definition) is 0. The van der Waals surface area contributed by atoms with Crippen LogP contribution in [-0.2, 0) is 11.2 Å². The molecule has 0 atom stereocenters. The van der Waals surface area contributed by atoms with Crippen LogP contribution >= 0.6 is 11.3 Å². The van der Waals surface area contributed by atoms with E-state index in [1.54, 1.807) is 12.5 Å². The van der Waals surface area contributed by atoms with E-state index in [4.69, 9.17) is 4.74 Å². The third kappa shape index (κ3) is 3.08. The predicted molar refractivity (Wildman–Crippen MR) is 103 cm³/mol. The summed E-state index contributed by atoms with van der Waals surface area (Å²) in [6.45, 7) is 2.32. The molecule has 3 aromatic heterocycles. The van der Waals surface area contributed by atoms with Crippen molar-refractivity contribution in [2.75, 3.05) is 24.7 Å². The Balaban J connectivity index is 1.46. The Morgan fingerprint density at radius 3 is 3.07 bits per heavy atom. The van der Waals surface area contributed by atoms with Crippen molar-refractivity contribution in [3.8, 4) is 0 Å². The molecule has 0 saturated carbocycles. The number of pyridine rings is 1. The number of ether oxygens (including phenoxy) is 1. The van der Waals surface area contributed by atoms with E-state index in [1.165, 1.54) is 16.9 Å². The smallest absolute Gasteiger partial charge is 0.191 e. The van der Waals surface area contributed by atoms with Crippen molar-refractivity contribution >= 4 is 39.0 Å². The van der Waals surface area contributed by atoms with Gasteiger partial charge in [-0.15, -0.1) is 0 Å². The minimum absolute atomic E-state index is 0.0990. The van der Waals surface area contributed by atoms with Crippen LogP contribution in [0.4, 0.5) is 11.5 Å². The highest BCUT2D eigenvalue weighted by Crippen LogP contribution is 2.37. The molecule has 27 heavy (non-hydrogen) atoms.